The summed E-state index contributed by atoms with van der Waals surface area (Å²) in [5, 5.41) is 9.22. The van der Waals surface area contributed by atoms with Gasteiger partial charge in [-0.15, -0.1) is 0 Å². The largest absolute Gasteiger partial charge is 0.435 e. The maximum atomic E-state index is 12.5. The summed E-state index contributed by atoms with van der Waals surface area (Å²) in [5.74, 6) is 0.463. The molecule has 3 N–H and O–H groups in total. The number of hydrogen-bond donors (Lipinski definition) is 3. The van der Waals surface area contributed by atoms with E-state index in [0.29, 0.717) is 17.1 Å². The third kappa shape index (κ3) is 3.78. The zero-order valence-corrected chi connectivity index (χ0v) is 16.7. The predicted octanol–water partition coefficient (Wildman–Crippen LogP) is 5.21. The van der Waals surface area contributed by atoms with Crippen molar-refractivity contribution in [3.8, 4) is 5.75 Å². The number of hydrogen-bond acceptors (Lipinski definition) is 4. The van der Waals surface area contributed by atoms with Gasteiger partial charge in [0.2, 0.25) is 0 Å². The van der Waals surface area contributed by atoms with E-state index in [1.54, 1.807) is 12.1 Å². The van der Waals surface area contributed by atoms with Crippen LogP contribution in [-0.4, -0.2) is 18.5 Å². The van der Waals surface area contributed by atoms with E-state index in [4.69, 9.17) is 4.99 Å². The van der Waals surface area contributed by atoms with Crippen molar-refractivity contribution in [3.05, 3.63) is 95.6 Å². The number of nitrogens with one attached hydrogen (secondary N) is 3. The quantitative estimate of drug-likeness (QED) is 0.530. The van der Waals surface area contributed by atoms with Crippen LogP contribution in [0.15, 0.2) is 89.4 Å². The Morgan fingerprint density at radius 2 is 1.59 bits per heavy atom. The number of fused-ring (bicyclic) bond motifs is 2. The van der Waals surface area contributed by atoms with Crippen molar-refractivity contribution < 1.29 is 18.3 Å². The van der Waals surface area contributed by atoms with Crippen molar-refractivity contribution in [1.29, 1.82) is 0 Å². The number of rotatable bonds is 4. The number of aliphatic imine (C=N–C) groups is 1. The van der Waals surface area contributed by atoms with Crippen molar-refractivity contribution in [2.75, 3.05) is 5.32 Å². The third-order valence-corrected chi connectivity index (χ3v) is 5.22. The Hall–Kier alpha value is -4.20. The van der Waals surface area contributed by atoms with E-state index in [9.17, 15) is 13.6 Å². The molecule has 3 aromatic rings. The average Bonchev–Trinajstić information content (AvgIpc) is 2.96. The van der Waals surface area contributed by atoms with Crippen LogP contribution < -0.4 is 20.7 Å². The van der Waals surface area contributed by atoms with Crippen LogP contribution in [0.5, 0.6) is 5.75 Å². The fourth-order valence-corrected chi connectivity index (χ4v) is 3.83. The summed E-state index contributed by atoms with van der Waals surface area (Å²) >= 11 is 0. The Balaban J connectivity index is 1.67. The van der Waals surface area contributed by atoms with Crippen LogP contribution in [0, 0.1) is 0 Å². The lowest BCUT2D eigenvalue weighted by Crippen LogP contribution is -2.50. The second kappa shape index (κ2) is 8.14. The molecule has 0 saturated carbocycles. The Morgan fingerprint density at radius 3 is 2.34 bits per heavy atom. The zero-order valence-electron chi connectivity index (χ0n) is 16.7. The van der Waals surface area contributed by atoms with Gasteiger partial charge in [0.15, 0.2) is 0 Å². The molecule has 0 radical (unpaired) electrons. The first-order chi connectivity index (χ1) is 15.6. The lowest BCUT2D eigenvalue weighted by molar-refractivity contribution is -0.0498. The van der Waals surface area contributed by atoms with Crippen LogP contribution in [0.3, 0.4) is 0 Å². The predicted molar refractivity (Wildman–Crippen MR) is 118 cm³/mol. The van der Waals surface area contributed by atoms with E-state index < -0.39 is 18.7 Å². The van der Waals surface area contributed by atoms with E-state index in [1.165, 1.54) is 12.1 Å². The molecule has 160 valence electrons. The van der Waals surface area contributed by atoms with Gasteiger partial charge in [0, 0.05) is 5.57 Å². The summed E-state index contributed by atoms with van der Waals surface area (Å²) in [4.78, 5) is 17.2. The lowest BCUT2D eigenvalue weighted by atomic mass is 9.92. The number of carbonyl (C=O) groups is 1. The minimum absolute atomic E-state index is 0.0431. The van der Waals surface area contributed by atoms with Gasteiger partial charge in [0.25, 0.3) is 0 Å². The van der Waals surface area contributed by atoms with Crippen LogP contribution in [0.25, 0.3) is 5.70 Å². The first-order valence-corrected chi connectivity index (χ1v) is 9.95. The van der Waals surface area contributed by atoms with Gasteiger partial charge in [0.05, 0.1) is 23.1 Å². The second-order valence-corrected chi connectivity index (χ2v) is 7.24. The normalized spacial score (nSPS) is 17.3. The molecule has 1 unspecified atom stereocenters. The lowest BCUT2D eigenvalue weighted by Gasteiger charge is -2.30. The van der Waals surface area contributed by atoms with Crippen LogP contribution in [0.1, 0.15) is 17.2 Å². The molecular formula is C24H18F2N4O2. The number of para-hydroxylation sites is 2. The van der Waals surface area contributed by atoms with Crippen LogP contribution in [0.2, 0.25) is 0 Å². The maximum absolute atomic E-state index is 12.5. The van der Waals surface area contributed by atoms with Crippen molar-refractivity contribution in [2.45, 2.75) is 12.7 Å². The SMILES string of the molecule is O=C1NC2=Nc3ccccc3NC(c3ccccc3)=C2C(c2ccc(OC(F)F)cc2)N1. The van der Waals surface area contributed by atoms with Gasteiger partial charge in [-0.05, 0) is 35.4 Å². The molecular weight excluding hydrogens is 414 g/mol. The minimum Gasteiger partial charge on any atom is -0.435 e. The molecule has 2 heterocycles. The Labute approximate surface area is 182 Å². The Morgan fingerprint density at radius 1 is 0.875 bits per heavy atom. The molecule has 0 aliphatic carbocycles. The van der Waals surface area contributed by atoms with Gasteiger partial charge in [0.1, 0.15) is 11.6 Å². The van der Waals surface area contributed by atoms with Crippen LogP contribution in [-0.2, 0) is 0 Å². The van der Waals surface area contributed by atoms with Gasteiger partial charge in [-0.25, -0.2) is 9.79 Å². The molecule has 0 spiro atoms. The van der Waals surface area contributed by atoms with Gasteiger partial charge < -0.3 is 15.4 Å². The molecule has 3 aromatic carbocycles. The van der Waals surface area contributed by atoms with Crippen LogP contribution in [0.4, 0.5) is 25.0 Å². The summed E-state index contributed by atoms with van der Waals surface area (Å²) in [6, 6.07) is 22.5. The van der Waals surface area contributed by atoms with Crippen LogP contribution >= 0.6 is 0 Å². The number of urea groups is 1. The second-order valence-electron chi connectivity index (χ2n) is 7.24. The summed E-state index contributed by atoms with van der Waals surface area (Å²) in [6.45, 7) is -2.91. The summed E-state index contributed by atoms with van der Waals surface area (Å²) in [5.41, 5.74) is 4.61. The van der Waals surface area contributed by atoms with Gasteiger partial charge in [-0.3, -0.25) is 5.32 Å². The minimum atomic E-state index is -2.91. The Kier molecular flexibility index (Phi) is 5.03. The van der Waals surface area contributed by atoms with Gasteiger partial charge in [-0.2, -0.15) is 8.78 Å². The highest BCUT2D eigenvalue weighted by Crippen LogP contribution is 2.39. The average molecular weight is 432 g/mol. The molecule has 2 aliphatic rings. The molecule has 2 aliphatic heterocycles. The first kappa shape index (κ1) is 19.7. The zero-order chi connectivity index (χ0) is 22.1. The number of alkyl halides is 2. The number of amides is 2. The first-order valence-electron chi connectivity index (χ1n) is 9.95. The number of nitrogens with zero attached hydrogens (tertiary/aromatic N) is 1. The smallest absolute Gasteiger partial charge is 0.387 e. The van der Waals surface area contributed by atoms with Crippen molar-refractivity contribution in [3.63, 3.8) is 0 Å². The number of amidine groups is 1. The molecule has 5 rings (SSSR count). The summed E-state index contributed by atoms with van der Waals surface area (Å²) < 4.78 is 29.5. The number of halogens is 2. The molecule has 32 heavy (non-hydrogen) atoms. The van der Waals surface area contributed by atoms with E-state index in [2.05, 4.69) is 20.7 Å². The fourth-order valence-electron chi connectivity index (χ4n) is 3.83. The molecule has 1 atom stereocenters. The third-order valence-electron chi connectivity index (χ3n) is 5.22. The monoisotopic (exact) mass is 432 g/mol. The number of anilines is 1. The van der Waals surface area contributed by atoms with Gasteiger partial charge in [-0.1, -0.05) is 54.6 Å². The highest BCUT2D eigenvalue weighted by molar-refractivity contribution is 6.18. The molecule has 8 heteroatoms. The fraction of sp³-hybridized carbons (Fsp3) is 0.0833. The molecule has 0 bridgehead atoms. The van der Waals surface area contributed by atoms with Gasteiger partial charge >= 0.3 is 12.6 Å². The van der Waals surface area contributed by atoms with E-state index in [-0.39, 0.29) is 5.75 Å². The van der Waals surface area contributed by atoms with E-state index >= 15 is 0 Å². The van der Waals surface area contributed by atoms with E-state index in [0.717, 1.165) is 22.5 Å². The molecule has 0 aromatic heterocycles. The molecule has 6 nitrogen and oxygen atoms in total. The highest BCUT2D eigenvalue weighted by atomic mass is 19.3. The summed E-state index contributed by atoms with van der Waals surface area (Å²) in [7, 11) is 0. The number of benzene rings is 3. The maximum Gasteiger partial charge on any atom is 0.387 e. The molecule has 1 fully saturated rings. The van der Waals surface area contributed by atoms with Crippen molar-refractivity contribution in [1.82, 2.24) is 10.6 Å². The summed E-state index contributed by atoms with van der Waals surface area (Å²) in [6.07, 6.45) is 0. The Bertz CT molecular complexity index is 1220. The molecule has 1 saturated heterocycles. The molecule has 2 amide bonds. The standard InChI is InChI=1S/C24H18F2N4O2/c25-23(26)32-16-12-10-15(11-13-16)21-19-20(14-6-2-1-3-7-14)27-17-8-4-5-9-18(17)28-22(19)30-24(31)29-21/h1-13,21,23,27H,(H2,28,29,30,31). The topological polar surface area (TPSA) is 74.8 Å². The highest BCUT2D eigenvalue weighted by Gasteiger charge is 2.34. The van der Waals surface area contributed by atoms with E-state index in [1.807, 2.05) is 54.6 Å². The van der Waals surface area contributed by atoms with Crippen molar-refractivity contribution in [2.24, 2.45) is 4.99 Å². The number of carbonyl (C=O) groups excluding carboxylic acids is 1. The number of ether oxygens (including phenoxy) is 1. The van der Waals surface area contributed by atoms with Crippen molar-refractivity contribution >= 4 is 28.9 Å².